The van der Waals surface area contributed by atoms with Gasteiger partial charge in [-0.25, -0.2) is 0 Å². The zero-order chi connectivity index (χ0) is 12.3. The number of carbonyl (C=O) groups excluding carboxylic acids is 1. The van der Waals surface area contributed by atoms with E-state index < -0.39 is 0 Å². The van der Waals surface area contributed by atoms with Crippen molar-refractivity contribution in [3.8, 4) is 0 Å². The summed E-state index contributed by atoms with van der Waals surface area (Å²) in [4.78, 5) is 25.3. The van der Waals surface area contributed by atoms with Gasteiger partial charge < -0.3 is 10.3 Å². The van der Waals surface area contributed by atoms with Gasteiger partial charge in [0.05, 0.1) is 0 Å². The maximum atomic E-state index is 11.8. The molecule has 1 amide bonds. The fourth-order valence-corrected chi connectivity index (χ4v) is 1.08. The molecule has 0 bridgehead atoms. The Bertz CT molecular complexity index is 429. The minimum atomic E-state index is -0.268. The van der Waals surface area contributed by atoms with E-state index in [4.69, 9.17) is 0 Å². The molecule has 1 rings (SSSR count). The van der Waals surface area contributed by atoms with Gasteiger partial charge in [0, 0.05) is 23.9 Å². The molecule has 1 aromatic rings. The van der Waals surface area contributed by atoms with Crippen molar-refractivity contribution in [2.45, 2.75) is 33.7 Å². The number of aromatic nitrogens is 1. The zero-order valence-electron chi connectivity index (χ0n) is 10.1. The van der Waals surface area contributed by atoms with Crippen molar-refractivity contribution in [1.82, 2.24) is 10.3 Å². The molecular formula is C12H18N2O2. The van der Waals surface area contributed by atoms with Crippen LogP contribution in [0.4, 0.5) is 0 Å². The van der Waals surface area contributed by atoms with Gasteiger partial charge in [-0.2, -0.15) is 0 Å². The minimum Gasteiger partial charge on any atom is -0.349 e. The Morgan fingerprint density at radius 3 is 2.56 bits per heavy atom. The van der Waals surface area contributed by atoms with Crippen LogP contribution in [0.3, 0.4) is 0 Å². The zero-order valence-corrected chi connectivity index (χ0v) is 10.1. The highest BCUT2D eigenvalue weighted by Gasteiger charge is 2.22. The molecule has 1 unspecified atom stereocenters. The normalized spacial score (nSPS) is 13.2. The second-order valence-electron chi connectivity index (χ2n) is 5.00. The Labute approximate surface area is 95.1 Å². The molecule has 0 saturated carbocycles. The molecule has 0 saturated heterocycles. The lowest BCUT2D eigenvalue weighted by Gasteiger charge is -2.28. The maximum Gasteiger partial charge on any atom is 0.251 e. The molecule has 88 valence electrons. The van der Waals surface area contributed by atoms with E-state index in [2.05, 4.69) is 31.1 Å². The molecule has 0 aliphatic heterocycles. The molecule has 0 aliphatic rings. The summed E-state index contributed by atoms with van der Waals surface area (Å²) in [6.07, 6.45) is 1.47. The van der Waals surface area contributed by atoms with Gasteiger partial charge in [-0.1, -0.05) is 20.8 Å². The fraction of sp³-hybridized carbons (Fsp3) is 0.500. The SMILES string of the molecule is CC(NC(=O)c1cc[nH]c(=O)c1)C(C)(C)C. The second kappa shape index (κ2) is 4.51. The average Bonchev–Trinajstić information content (AvgIpc) is 2.16. The molecule has 1 heterocycles. The van der Waals surface area contributed by atoms with Crippen molar-refractivity contribution in [1.29, 1.82) is 0 Å². The van der Waals surface area contributed by atoms with Crippen LogP contribution >= 0.6 is 0 Å². The van der Waals surface area contributed by atoms with E-state index in [1.807, 2.05) is 6.92 Å². The van der Waals surface area contributed by atoms with Crippen molar-refractivity contribution in [2.24, 2.45) is 5.41 Å². The summed E-state index contributed by atoms with van der Waals surface area (Å²) in [5, 5.41) is 2.87. The third-order valence-electron chi connectivity index (χ3n) is 2.68. The third-order valence-corrected chi connectivity index (χ3v) is 2.68. The quantitative estimate of drug-likeness (QED) is 0.797. The van der Waals surface area contributed by atoms with E-state index in [1.54, 1.807) is 6.07 Å². The highest BCUT2D eigenvalue weighted by atomic mass is 16.2. The van der Waals surface area contributed by atoms with Crippen LogP contribution in [-0.2, 0) is 0 Å². The Kier molecular flexibility index (Phi) is 3.52. The Morgan fingerprint density at radius 2 is 2.06 bits per heavy atom. The van der Waals surface area contributed by atoms with Crippen LogP contribution in [0.25, 0.3) is 0 Å². The number of H-pyrrole nitrogens is 1. The van der Waals surface area contributed by atoms with E-state index in [1.165, 1.54) is 12.3 Å². The first-order valence-electron chi connectivity index (χ1n) is 5.30. The lowest BCUT2D eigenvalue weighted by Crippen LogP contribution is -2.41. The van der Waals surface area contributed by atoms with Gasteiger partial charge in [-0.05, 0) is 18.4 Å². The van der Waals surface area contributed by atoms with Crippen molar-refractivity contribution in [2.75, 3.05) is 0 Å². The van der Waals surface area contributed by atoms with E-state index in [-0.39, 0.29) is 22.9 Å². The summed E-state index contributed by atoms with van der Waals surface area (Å²) in [7, 11) is 0. The molecule has 16 heavy (non-hydrogen) atoms. The van der Waals surface area contributed by atoms with E-state index in [0.29, 0.717) is 5.56 Å². The average molecular weight is 222 g/mol. The summed E-state index contributed by atoms with van der Waals surface area (Å²) in [6.45, 7) is 8.10. The van der Waals surface area contributed by atoms with E-state index >= 15 is 0 Å². The molecule has 1 atom stereocenters. The van der Waals surface area contributed by atoms with Crippen LogP contribution in [-0.4, -0.2) is 16.9 Å². The molecular weight excluding hydrogens is 204 g/mol. The van der Waals surface area contributed by atoms with Gasteiger partial charge in [-0.15, -0.1) is 0 Å². The Balaban J connectivity index is 2.77. The van der Waals surface area contributed by atoms with Gasteiger partial charge in [0.2, 0.25) is 5.56 Å². The van der Waals surface area contributed by atoms with Gasteiger partial charge >= 0.3 is 0 Å². The highest BCUT2D eigenvalue weighted by molar-refractivity contribution is 5.94. The van der Waals surface area contributed by atoms with E-state index in [0.717, 1.165) is 0 Å². The Hall–Kier alpha value is -1.58. The van der Waals surface area contributed by atoms with Gasteiger partial charge in [-0.3, -0.25) is 9.59 Å². The number of pyridine rings is 1. The van der Waals surface area contributed by atoms with Crippen LogP contribution in [0, 0.1) is 5.41 Å². The van der Waals surface area contributed by atoms with Crippen LogP contribution in [0.15, 0.2) is 23.1 Å². The first-order chi connectivity index (χ1) is 7.30. The molecule has 4 nitrogen and oxygen atoms in total. The van der Waals surface area contributed by atoms with E-state index in [9.17, 15) is 9.59 Å². The van der Waals surface area contributed by atoms with Crippen LogP contribution in [0.5, 0.6) is 0 Å². The number of hydrogen-bond donors (Lipinski definition) is 2. The second-order valence-corrected chi connectivity index (χ2v) is 5.00. The maximum absolute atomic E-state index is 11.8. The monoisotopic (exact) mass is 222 g/mol. The molecule has 2 N–H and O–H groups in total. The lowest BCUT2D eigenvalue weighted by atomic mass is 9.88. The van der Waals surface area contributed by atoms with Crippen molar-refractivity contribution < 1.29 is 4.79 Å². The molecule has 0 spiro atoms. The fourth-order valence-electron chi connectivity index (χ4n) is 1.08. The van der Waals surface area contributed by atoms with Crippen molar-refractivity contribution in [3.63, 3.8) is 0 Å². The number of nitrogens with one attached hydrogen (secondary N) is 2. The number of aromatic amines is 1. The highest BCUT2D eigenvalue weighted by Crippen LogP contribution is 2.18. The molecule has 0 aromatic carbocycles. The van der Waals surface area contributed by atoms with Crippen LogP contribution in [0.2, 0.25) is 0 Å². The number of amides is 1. The van der Waals surface area contributed by atoms with Gasteiger partial charge in [0.25, 0.3) is 5.91 Å². The predicted molar refractivity (Wildman–Crippen MR) is 63.4 cm³/mol. The number of hydrogen-bond acceptors (Lipinski definition) is 2. The Morgan fingerprint density at radius 1 is 1.44 bits per heavy atom. The number of carbonyl (C=O) groups is 1. The summed E-state index contributed by atoms with van der Waals surface area (Å²) < 4.78 is 0. The summed E-state index contributed by atoms with van der Waals surface area (Å²) in [5.74, 6) is -0.214. The molecule has 1 aromatic heterocycles. The first-order valence-corrected chi connectivity index (χ1v) is 5.30. The van der Waals surface area contributed by atoms with Crippen molar-refractivity contribution in [3.05, 3.63) is 34.2 Å². The minimum absolute atomic E-state index is 0.00312. The number of rotatable bonds is 2. The predicted octanol–water partition coefficient (Wildman–Crippen LogP) is 1.54. The summed E-state index contributed by atoms with van der Waals surface area (Å²) in [5.41, 5.74) is 0.118. The van der Waals surface area contributed by atoms with Gasteiger partial charge in [0.1, 0.15) is 0 Å². The molecule has 4 heteroatoms. The topological polar surface area (TPSA) is 62.0 Å². The summed E-state index contributed by atoms with van der Waals surface area (Å²) in [6, 6.07) is 2.93. The lowest BCUT2D eigenvalue weighted by molar-refractivity contribution is 0.0910. The first kappa shape index (κ1) is 12.5. The molecule has 0 radical (unpaired) electrons. The molecule has 0 fully saturated rings. The summed E-state index contributed by atoms with van der Waals surface area (Å²) >= 11 is 0. The van der Waals surface area contributed by atoms with Gasteiger partial charge in [0.15, 0.2) is 0 Å². The van der Waals surface area contributed by atoms with Crippen LogP contribution < -0.4 is 10.9 Å². The largest absolute Gasteiger partial charge is 0.349 e. The van der Waals surface area contributed by atoms with Crippen molar-refractivity contribution >= 4 is 5.91 Å². The standard InChI is InChI=1S/C12H18N2O2/c1-8(12(2,3)4)14-11(16)9-5-6-13-10(15)7-9/h5-8H,1-4H3,(H,13,15)(H,14,16). The molecule has 0 aliphatic carbocycles. The van der Waals surface area contributed by atoms with Crippen LogP contribution in [0.1, 0.15) is 38.1 Å². The smallest absolute Gasteiger partial charge is 0.251 e. The third kappa shape index (κ3) is 3.22.